The predicted octanol–water partition coefficient (Wildman–Crippen LogP) is 4.19. The van der Waals surface area contributed by atoms with Crippen LogP contribution in [-0.2, 0) is 19.1 Å². The van der Waals surface area contributed by atoms with E-state index < -0.39 is 16.4 Å². The number of carbonyl (C=O) groups excluding carboxylic acids is 2. The van der Waals surface area contributed by atoms with Gasteiger partial charge in [0.15, 0.2) is 5.60 Å². The Hall–Kier alpha value is -0.710. The monoisotopic (exact) mass is 356 g/mol. The normalized spacial score (nSPS) is 33.1. The molecule has 0 aromatic heterocycles. The summed E-state index contributed by atoms with van der Waals surface area (Å²) in [5.74, 6) is 0.343. The van der Waals surface area contributed by atoms with E-state index >= 15 is 0 Å². The van der Waals surface area contributed by atoms with Crippen LogP contribution in [0.15, 0.2) is 11.6 Å². The van der Waals surface area contributed by atoms with Crippen LogP contribution in [0.4, 0.5) is 0 Å². The average molecular weight is 357 g/mol. The van der Waals surface area contributed by atoms with E-state index in [2.05, 4.69) is 0 Å². The average Bonchev–Trinajstić information content (AvgIpc) is 2.91. The van der Waals surface area contributed by atoms with Crippen LogP contribution in [0.5, 0.6) is 0 Å². The molecule has 0 N–H and O–H groups in total. The van der Waals surface area contributed by atoms with E-state index in [0.29, 0.717) is 12.8 Å². The molecule has 0 aromatic carbocycles. The van der Waals surface area contributed by atoms with E-state index in [1.807, 2.05) is 33.8 Å². The van der Waals surface area contributed by atoms with E-state index in [1.165, 1.54) is 5.57 Å². The third-order valence-corrected chi connectivity index (χ3v) is 5.77. The number of ketones is 1. The number of ether oxygens (including phenoxy) is 2. The lowest BCUT2D eigenvalue weighted by Gasteiger charge is -2.43. The van der Waals surface area contributed by atoms with Gasteiger partial charge in [0, 0.05) is 12.3 Å². The highest BCUT2D eigenvalue weighted by molar-refractivity contribution is 6.65. The number of hydrogen-bond donors (Lipinski definition) is 0. The summed E-state index contributed by atoms with van der Waals surface area (Å²) in [6, 6.07) is 0. The number of allylic oxidation sites excluding steroid dienone is 2. The van der Waals surface area contributed by atoms with Gasteiger partial charge >= 0.3 is 0 Å². The van der Waals surface area contributed by atoms with Crippen LogP contribution in [0.3, 0.4) is 0 Å². The van der Waals surface area contributed by atoms with E-state index in [1.54, 1.807) is 0 Å². The molecule has 0 aliphatic carbocycles. The van der Waals surface area contributed by atoms with Crippen LogP contribution in [0.2, 0.25) is 0 Å². The molecule has 0 amide bonds. The van der Waals surface area contributed by atoms with Crippen molar-refractivity contribution in [3.05, 3.63) is 11.6 Å². The molecule has 2 saturated heterocycles. The largest absolute Gasteiger partial charge is 0.369 e. The Labute approximate surface area is 149 Å². The Morgan fingerprint density at radius 2 is 2.08 bits per heavy atom. The van der Waals surface area contributed by atoms with Crippen LogP contribution in [-0.4, -0.2) is 34.9 Å². The van der Waals surface area contributed by atoms with Crippen molar-refractivity contribution < 1.29 is 19.1 Å². The van der Waals surface area contributed by atoms with Gasteiger partial charge in [-0.2, -0.15) is 0 Å². The first-order valence-electron chi connectivity index (χ1n) is 8.86. The summed E-state index contributed by atoms with van der Waals surface area (Å²) in [6.45, 7) is 8.28. The molecule has 2 heterocycles. The minimum atomic E-state index is -0.931. The van der Waals surface area contributed by atoms with Crippen molar-refractivity contribution in [1.29, 1.82) is 0 Å². The highest BCUT2D eigenvalue weighted by atomic mass is 35.5. The van der Waals surface area contributed by atoms with Gasteiger partial charge in [-0.25, -0.2) is 0 Å². The zero-order valence-electron chi connectivity index (χ0n) is 15.2. The molecule has 1 unspecified atom stereocenters. The zero-order chi connectivity index (χ0) is 18.0. The Kier molecular flexibility index (Phi) is 6.27. The molecule has 0 aromatic rings. The molecule has 4 nitrogen and oxygen atoms in total. The summed E-state index contributed by atoms with van der Waals surface area (Å²) in [4.78, 5) is 23.7. The summed E-state index contributed by atoms with van der Waals surface area (Å²) in [5.41, 5.74) is -0.150. The lowest BCUT2D eigenvalue weighted by atomic mass is 9.88. The molecule has 0 spiro atoms. The Balaban J connectivity index is 1.81. The van der Waals surface area contributed by atoms with E-state index in [-0.39, 0.29) is 24.4 Å². The Morgan fingerprint density at radius 1 is 1.38 bits per heavy atom. The summed E-state index contributed by atoms with van der Waals surface area (Å²) in [7, 11) is 0. The van der Waals surface area contributed by atoms with Gasteiger partial charge < -0.3 is 9.47 Å². The predicted molar refractivity (Wildman–Crippen MR) is 94.1 cm³/mol. The fraction of sp³-hybridized carbons (Fsp3) is 0.789. The first kappa shape index (κ1) is 19.6. The minimum Gasteiger partial charge on any atom is -0.369 e. The molecular weight excluding hydrogens is 328 g/mol. The molecular formula is C19H29ClO4. The molecule has 136 valence electrons. The SMILES string of the molecule is CC(C)=CCC(=O)C(C)CCC[C@]1(C)OC[C@]2(C(=O)Cl)CC[C@H]1O2. The topological polar surface area (TPSA) is 52.6 Å². The first-order chi connectivity index (χ1) is 11.2. The highest BCUT2D eigenvalue weighted by Gasteiger charge is 2.56. The third kappa shape index (κ3) is 4.27. The number of Topliss-reactive ketones (excluding diaryl/α,β-unsaturated/α-hetero) is 1. The van der Waals surface area contributed by atoms with Gasteiger partial charge in [-0.3, -0.25) is 9.59 Å². The van der Waals surface area contributed by atoms with E-state index in [4.69, 9.17) is 21.1 Å². The van der Waals surface area contributed by atoms with Crippen molar-refractivity contribution in [1.82, 2.24) is 0 Å². The second-order valence-electron chi connectivity index (χ2n) is 7.76. The van der Waals surface area contributed by atoms with Crippen LogP contribution >= 0.6 is 11.6 Å². The van der Waals surface area contributed by atoms with Crippen molar-refractivity contribution in [3.63, 3.8) is 0 Å². The molecule has 0 saturated carbocycles. The summed E-state index contributed by atoms with van der Waals surface area (Å²) >= 11 is 5.68. The molecule has 2 rings (SSSR count). The van der Waals surface area contributed by atoms with Crippen LogP contribution in [0.1, 0.15) is 66.2 Å². The molecule has 4 atom stereocenters. The molecule has 0 radical (unpaired) electrons. The van der Waals surface area contributed by atoms with Crippen molar-refractivity contribution in [2.75, 3.05) is 6.61 Å². The molecule has 5 heteroatoms. The van der Waals surface area contributed by atoms with Gasteiger partial charge in [0.05, 0.1) is 18.3 Å². The van der Waals surface area contributed by atoms with Crippen molar-refractivity contribution >= 4 is 22.6 Å². The van der Waals surface area contributed by atoms with Gasteiger partial charge in [-0.1, -0.05) is 18.6 Å². The fourth-order valence-corrected chi connectivity index (χ4v) is 3.72. The van der Waals surface area contributed by atoms with Crippen LogP contribution in [0, 0.1) is 5.92 Å². The molecule has 2 bridgehead atoms. The number of halogens is 1. The Morgan fingerprint density at radius 3 is 2.71 bits per heavy atom. The molecule has 2 aliphatic rings. The van der Waals surface area contributed by atoms with Gasteiger partial charge in [0.25, 0.3) is 5.24 Å². The summed E-state index contributed by atoms with van der Waals surface area (Å²) in [5, 5.41) is -0.453. The molecule has 24 heavy (non-hydrogen) atoms. The maximum Gasteiger partial charge on any atom is 0.256 e. The van der Waals surface area contributed by atoms with E-state index in [9.17, 15) is 9.59 Å². The van der Waals surface area contributed by atoms with Crippen molar-refractivity contribution in [2.24, 2.45) is 5.92 Å². The van der Waals surface area contributed by atoms with Crippen molar-refractivity contribution in [2.45, 2.75) is 83.5 Å². The number of rotatable bonds is 8. The minimum absolute atomic E-state index is 0.0563. The molecule has 2 fully saturated rings. The number of hydrogen-bond acceptors (Lipinski definition) is 4. The van der Waals surface area contributed by atoms with Crippen LogP contribution in [0.25, 0.3) is 0 Å². The van der Waals surface area contributed by atoms with E-state index in [0.717, 1.165) is 25.7 Å². The maximum absolute atomic E-state index is 12.1. The smallest absolute Gasteiger partial charge is 0.256 e. The second kappa shape index (κ2) is 7.67. The summed E-state index contributed by atoms with van der Waals surface area (Å²) < 4.78 is 12.0. The standard InChI is InChI=1S/C19H29ClO4/c1-13(2)7-8-15(21)14(3)6-5-10-18(4)16-9-11-19(24-16,12-23-18)17(20)22/h7,14,16H,5-6,8-12H2,1-4H3/t14?,16-,18+,19+/m1/s1. The van der Waals surface area contributed by atoms with Gasteiger partial charge in [0.2, 0.25) is 0 Å². The number of carbonyl (C=O) groups is 2. The second-order valence-corrected chi connectivity index (χ2v) is 8.10. The van der Waals surface area contributed by atoms with Gasteiger partial charge in [-0.05, 0) is 64.5 Å². The van der Waals surface area contributed by atoms with Crippen molar-refractivity contribution in [3.8, 4) is 0 Å². The lowest BCUT2D eigenvalue weighted by molar-refractivity contribution is -0.232. The lowest BCUT2D eigenvalue weighted by Crippen LogP contribution is -2.54. The highest BCUT2D eigenvalue weighted by Crippen LogP contribution is 2.45. The summed E-state index contributed by atoms with van der Waals surface area (Å²) in [6.07, 6.45) is 6.41. The van der Waals surface area contributed by atoms with Crippen LogP contribution < -0.4 is 0 Å². The maximum atomic E-state index is 12.1. The van der Waals surface area contributed by atoms with Gasteiger partial charge in [-0.15, -0.1) is 0 Å². The fourth-order valence-electron chi connectivity index (χ4n) is 3.53. The van der Waals surface area contributed by atoms with Gasteiger partial charge in [0.1, 0.15) is 5.78 Å². The first-order valence-corrected chi connectivity index (χ1v) is 9.24. The third-order valence-electron chi connectivity index (χ3n) is 5.42. The molecule has 2 aliphatic heterocycles. The zero-order valence-corrected chi connectivity index (χ0v) is 15.9. The quantitative estimate of drug-likeness (QED) is 0.483. The number of fused-ring (bicyclic) bond motifs is 2. The Bertz CT molecular complexity index is 525.